The first-order chi connectivity index (χ1) is 14.6. The molecule has 4 heterocycles. The lowest BCUT2D eigenvalue weighted by atomic mass is 10.1. The SMILES string of the molecule is CCn1cc(C(=O)NCCn2ccnc2-c2ncccn2)c(=O)c2ccc(C)nc21. The first-order valence-corrected chi connectivity index (χ1v) is 9.66. The van der Waals surface area contributed by atoms with Crippen molar-refractivity contribution in [1.82, 2.24) is 34.4 Å². The molecule has 4 rings (SSSR count). The molecule has 0 aliphatic carbocycles. The van der Waals surface area contributed by atoms with Gasteiger partial charge in [-0.05, 0) is 32.0 Å². The Morgan fingerprint density at radius 3 is 2.67 bits per heavy atom. The smallest absolute Gasteiger partial charge is 0.256 e. The van der Waals surface area contributed by atoms with Crippen LogP contribution in [0.2, 0.25) is 0 Å². The monoisotopic (exact) mass is 403 g/mol. The molecule has 0 radical (unpaired) electrons. The van der Waals surface area contributed by atoms with E-state index in [4.69, 9.17) is 0 Å². The fraction of sp³-hybridized carbons (Fsp3) is 0.238. The van der Waals surface area contributed by atoms with Crippen LogP contribution >= 0.6 is 0 Å². The third kappa shape index (κ3) is 3.69. The number of amides is 1. The minimum absolute atomic E-state index is 0.104. The first kappa shape index (κ1) is 19.4. The Hall–Kier alpha value is -3.88. The molecule has 0 saturated carbocycles. The average Bonchev–Trinajstić information content (AvgIpc) is 3.23. The van der Waals surface area contributed by atoms with Crippen molar-refractivity contribution in [3.63, 3.8) is 0 Å². The van der Waals surface area contributed by atoms with Gasteiger partial charge in [-0.25, -0.2) is 19.9 Å². The molecular formula is C21H21N7O2. The number of hydrogen-bond acceptors (Lipinski definition) is 6. The van der Waals surface area contributed by atoms with Gasteiger partial charge in [0.2, 0.25) is 5.43 Å². The lowest BCUT2D eigenvalue weighted by Gasteiger charge is -2.12. The largest absolute Gasteiger partial charge is 0.350 e. The van der Waals surface area contributed by atoms with Gasteiger partial charge in [0.15, 0.2) is 11.6 Å². The summed E-state index contributed by atoms with van der Waals surface area (Å²) in [5, 5.41) is 3.26. The van der Waals surface area contributed by atoms with E-state index in [2.05, 4.69) is 25.3 Å². The highest BCUT2D eigenvalue weighted by atomic mass is 16.2. The first-order valence-electron chi connectivity index (χ1n) is 9.66. The van der Waals surface area contributed by atoms with Gasteiger partial charge in [0, 0.05) is 56.3 Å². The number of aryl methyl sites for hydroxylation is 2. The van der Waals surface area contributed by atoms with Crippen LogP contribution in [0.25, 0.3) is 22.7 Å². The van der Waals surface area contributed by atoms with Crippen LogP contribution in [0, 0.1) is 6.92 Å². The maximum absolute atomic E-state index is 12.8. The number of fused-ring (bicyclic) bond motifs is 1. The summed E-state index contributed by atoms with van der Waals surface area (Å²) in [6.07, 6.45) is 8.33. The van der Waals surface area contributed by atoms with Crippen molar-refractivity contribution in [3.8, 4) is 11.6 Å². The van der Waals surface area contributed by atoms with Gasteiger partial charge in [-0.2, -0.15) is 0 Å². The molecule has 0 aromatic carbocycles. The van der Waals surface area contributed by atoms with Crippen LogP contribution in [0.3, 0.4) is 0 Å². The van der Waals surface area contributed by atoms with E-state index in [1.54, 1.807) is 49.2 Å². The Morgan fingerprint density at radius 2 is 1.90 bits per heavy atom. The molecule has 4 aromatic heterocycles. The Labute approximate surface area is 172 Å². The predicted molar refractivity (Wildman–Crippen MR) is 112 cm³/mol. The minimum atomic E-state index is -0.415. The van der Waals surface area contributed by atoms with E-state index < -0.39 is 5.91 Å². The number of rotatable bonds is 6. The number of carbonyl (C=O) groups is 1. The summed E-state index contributed by atoms with van der Waals surface area (Å²) in [5.41, 5.74) is 1.19. The molecule has 0 saturated heterocycles. The highest BCUT2D eigenvalue weighted by Crippen LogP contribution is 2.12. The second-order valence-corrected chi connectivity index (χ2v) is 6.75. The summed E-state index contributed by atoms with van der Waals surface area (Å²) in [6, 6.07) is 5.23. The Kier molecular flexibility index (Phi) is 5.34. The number of aromatic nitrogens is 6. The fourth-order valence-electron chi connectivity index (χ4n) is 3.26. The van der Waals surface area contributed by atoms with E-state index >= 15 is 0 Å². The van der Waals surface area contributed by atoms with E-state index in [1.165, 1.54) is 0 Å². The van der Waals surface area contributed by atoms with Crippen molar-refractivity contribution in [2.75, 3.05) is 6.54 Å². The molecule has 4 aromatic rings. The van der Waals surface area contributed by atoms with Gasteiger partial charge in [-0.3, -0.25) is 9.59 Å². The number of nitrogens with zero attached hydrogens (tertiary/aromatic N) is 6. The Bertz CT molecular complexity index is 1260. The maximum atomic E-state index is 12.8. The zero-order valence-corrected chi connectivity index (χ0v) is 16.7. The van der Waals surface area contributed by atoms with Crippen molar-refractivity contribution in [3.05, 3.63) is 70.7 Å². The van der Waals surface area contributed by atoms with Crippen LogP contribution in [0.4, 0.5) is 0 Å². The van der Waals surface area contributed by atoms with E-state index in [1.807, 2.05) is 23.0 Å². The Balaban J connectivity index is 1.53. The minimum Gasteiger partial charge on any atom is -0.350 e. The van der Waals surface area contributed by atoms with E-state index in [0.717, 1.165) is 5.69 Å². The average molecular weight is 403 g/mol. The van der Waals surface area contributed by atoms with Crippen LogP contribution in [0.15, 0.2) is 54.0 Å². The molecule has 0 fully saturated rings. The van der Waals surface area contributed by atoms with Crippen molar-refractivity contribution in [1.29, 1.82) is 0 Å². The molecule has 9 nitrogen and oxygen atoms in total. The summed E-state index contributed by atoms with van der Waals surface area (Å²) in [5.74, 6) is 0.713. The highest BCUT2D eigenvalue weighted by Gasteiger charge is 2.16. The van der Waals surface area contributed by atoms with Crippen molar-refractivity contribution < 1.29 is 4.79 Å². The van der Waals surface area contributed by atoms with Gasteiger partial charge in [0.1, 0.15) is 11.2 Å². The molecule has 1 N–H and O–H groups in total. The Morgan fingerprint density at radius 1 is 1.10 bits per heavy atom. The van der Waals surface area contributed by atoms with Crippen molar-refractivity contribution >= 4 is 16.9 Å². The fourth-order valence-corrected chi connectivity index (χ4v) is 3.26. The number of carbonyl (C=O) groups excluding carboxylic acids is 1. The molecule has 152 valence electrons. The molecule has 1 amide bonds. The van der Waals surface area contributed by atoms with E-state index in [-0.39, 0.29) is 11.0 Å². The highest BCUT2D eigenvalue weighted by molar-refractivity contribution is 5.96. The van der Waals surface area contributed by atoms with Crippen molar-refractivity contribution in [2.45, 2.75) is 26.9 Å². The van der Waals surface area contributed by atoms with Crippen molar-refractivity contribution in [2.24, 2.45) is 0 Å². The standard InChI is InChI=1S/C21H21N7O2/c1-3-27-13-16(17(29)15-6-5-14(2)26-19(15)27)21(30)25-10-12-28-11-9-24-20(28)18-22-7-4-8-23-18/h4-9,11,13H,3,10,12H2,1-2H3,(H,25,30). The zero-order valence-electron chi connectivity index (χ0n) is 16.7. The van der Waals surface area contributed by atoms with Crippen LogP contribution in [0.1, 0.15) is 23.0 Å². The molecular weight excluding hydrogens is 382 g/mol. The summed E-state index contributed by atoms with van der Waals surface area (Å²) in [4.78, 5) is 42.7. The van der Waals surface area contributed by atoms with Gasteiger partial charge in [0.25, 0.3) is 5.91 Å². The third-order valence-corrected chi connectivity index (χ3v) is 4.77. The lowest BCUT2D eigenvalue weighted by molar-refractivity contribution is 0.0950. The second kappa shape index (κ2) is 8.24. The summed E-state index contributed by atoms with van der Waals surface area (Å²) >= 11 is 0. The van der Waals surface area contributed by atoms with Gasteiger partial charge < -0.3 is 14.5 Å². The number of nitrogens with one attached hydrogen (secondary N) is 1. The maximum Gasteiger partial charge on any atom is 0.256 e. The van der Waals surface area contributed by atoms with Crippen LogP contribution in [0.5, 0.6) is 0 Å². The summed E-state index contributed by atoms with van der Waals surface area (Å²) in [6.45, 7) is 5.21. The molecule has 0 unspecified atom stereocenters. The number of imidazole rings is 1. The van der Waals surface area contributed by atoms with Gasteiger partial charge >= 0.3 is 0 Å². The predicted octanol–water partition coefficient (Wildman–Crippen LogP) is 1.81. The second-order valence-electron chi connectivity index (χ2n) is 6.75. The summed E-state index contributed by atoms with van der Waals surface area (Å²) < 4.78 is 3.67. The molecule has 30 heavy (non-hydrogen) atoms. The number of pyridine rings is 2. The van der Waals surface area contributed by atoms with Crippen LogP contribution in [-0.4, -0.2) is 41.5 Å². The molecule has 0 bridgehead atoms. The van der Waals surface area contributed by atoms with E-state index in [0.29, 0.717) is 42.3 Å². The topological polar surface area (TPSA) is 108 Å². The number of hydrogen-bond donors (Lipinski definition) is 1. The molecule has 0 atom stereocenters. The summed E-state index contributed by atoms with van der Waals surface area (Å²) in [7, 11) is 0. The van der Waals surface area contributed by atoms with E-state index in [9.17, 15) is 9.59 Å². The van der Waals surface area contributed by atoms with Gasteiger partial charge in [-0.15, -0.1) is 0 Å². The van der Waals surface area contributed by atoms with Gasteiger partial charge in [0.05, 0.1) is 5.39 Å². The molecule has 0 spiro atoms. The zero-order chi connectivity index (χ0) is 21.1. The quantitative estimate of drug-likeness (QED) is 0.526. The molecule has 0 aliphatic heterocycles. The third-order valence-electron chi connectivity index (χ3n) is 4.77. The molecule has 0 aliphatic rings. The normalized spacial score (nSPS) is 11.0. The molecule has 9 heteroatoms. The van der Waals surface area contributed by atoms with Gasteiger partial charge in [-0.1, -0.05) is 0 Å². The van der Waals surface area contributed by atoms with Crippen LogP contribution in [-0.2, 0) is 13.1 Å². The van der Waals surface area contributed by atoms with Crippen LogP contribution < -0.4 is 10.7 Å². The lowest BCUT2D eigenvalue weighted by Crippen LogP contribution is -2.32.